The fraction of sp³-hybridized carbons (Fsp3) is 0.412. The summed E-state index contributed by atoms with van der Waals surface area (Å²) in [5.41, 5.74) is 3.61. The molecule has 1 aliphatic carbocycles. The van der Waals surface area contributed by atoms with Crippen LogP contribution in [-0.2, 0) is 21.6 Å². The van der Waals surface area contributed by atoms with Crippen molar-refractivity contribution in [1.82, 2.24) is 0 Å². The fourth-order valence-corrected chi connectivity index (χ4v) is 6.50. The second-order valence-corrected chi connectivity index (χ2v) is 11.0. The lowest BCUT2D eigenvalue weighted by molar-refractivity contribution is -0.135. The van der Waals surface area contributed by atoms with Gasteiger partial charge in [-0.2, -0.15) is 0 Å². The molecular formula is C34H41NO5. The largest absolute Gasteiger partial charge is 0.489 e. The highest BCUT2D eigenvalue weighted by Crippen LogP contribution is 2.54. The lowest BCUT2D eigenvalue weighted by atomic mass is 9.64. The van der Waals surface area contributed by atoms with Gasteiger partial charge in [0.2, 0.25) is 0 Å². The lowest BCUT2D eigenvalue weighted by Crippen LogP contribution is -2.49. The first-order valence-electron chi connectivity index (χ1n) is 14.4. The van der Waals surface area contributed by atoms with Crippen molar-refractivity contribution in [3.63, 3.8) is 0 Å². The highest BCUT2D eigenvalue weighted by atomic mass is 16.5. The Kier molecular flexibility index (Phi) is 9.51. The minimum Gasteiger partial charge on any atom is -0.489 e. The molecule has 0 spiro atoms. The highest BCUT2D eigenvalue weighted by Gasteiger charge is 2.52. The van der Waals surface area contributed by atoms with Gasteiger partial charge >= 0.3 is 11.9 Å². The molecule has 2 aromatic carbocycles. The first kappa shape index (κ1) is 29.2. The van der Waals surface area contributed by atoms with Crippen molar-refractivity contribution < 1.29 is 24.5 Å². The quantitative estimate of drug-likeness (QED) is 0.254. The molecule has 0 fully saturated rings. The van der Waals surface area contributed by atoms with Gasteiger partial charge in [0.25, 0.3) is 0 Å². The molecule has 2 aliphatic rings. The first-order valence-corrected chi connectivity index (χ1v) is 14.4. The molecule has 0 aromatic heterocycles. The second-order valence-electron chi connectivity index (χ2n) is 11.0. The molecule has 0 saturated carbocycles. The summed E-state index contributed by atoms with van der Waals surface area (Å²) in [5, 5.41) is 19.7. The summed E-state index contributed by atoms with van der Waals surface area (Å²) in [6.07, 6.45) is 14.3. The maximum Gasteiger partial charge on any atom is 0.335 e. The predicted molar refractivity (Wildman–Crippen MR) is 159 cm³/mol. The van der Waals surface area contributed by atoms with Crippen LogP contribution in [0.3, 0.4) is 0 Å². The van der Waals surface area contributed by atoms with Crippen LogP contribution in [0, 0.1) is 5.92 Å². The number of rotatable bonds is 13. The molecule has 0 radical (unpaired) electrons. The van der Waals surface area contributed by atoms with Gasteiger partial charge in [0.1, 0.15) is 18.9 Å². The molecule has 0 saturated heterocycles. The Balaban J connectivity index is 1.74. The summed E-state index contributed by atoms with van der Waals surface area (Å²) >= 11 is 0. The van der Waals surface area contributed by atoms with Gasteiger partial charge in [-0.1, -0.05) is 95.0 Å². The molecule has 2 N–H and O–H groups in total. The Morgan fingerprint density at radius 2 is 1.82 bits per heavy atom. The monoisotopic (exact) mass is 543 g/mol. The number of aromatic carboxylic acids is 1. The molecule has 3 atom stereocenters. The number of benzene rings is 2. The normalized spacial score (nSPS) is 20.8. The van der Waals surface area contributed by atoms with E-state index in [1.807, 2.05) is 47.4 Å². The third-order valence-electron chi connectivity index (χ3n) is 8.49. The van der Waals surface area contributed by atoms with Crippen molar-refractivity contribution in [3.8, 4) is 0 Å². The standard InChI is InChI=1S/C34H41NO5/c1-4-6-8-15-27(5-2)34(3)29-20-18-26(33(38)39)21-30(29)35(22-31(36)37)32(34)25-14-11-16-28(19-17-25)40-23-24-12-9-7-10-13-24/h7,9-10,12-14,16-21,27,32H,4-6,8,11,15,22-23H2,1-3H3,(H,36,37)(H,38,39). The number of ether oxygens (including phenoxy) is 1. The van der Waals surface area contributed by atoms with Gasteiger partial charge in [0.15, 0.2) is 0 Å². The van der Waals surface area contributed by atoms with Crippen molar-refractivity contribution in [3.05, 3.63) is 101 Å². The highest BCUT2D eigenvalue weighted by molar-refractivity contribution is 5.90. The van der Waals surface area contributed by atoms with Crippen LogP contribution in [0.2, 0.25) is 0 Å². The van der Waals surface area contributed by atoms with Crippen LogP contribution in [0.1, 0.15) is 80.8 Å². The van der Waals surface area contributed by atoms with Crippen molar-refractivity contribution in [1.29, 1.82) is 0 Å². The molecule has 2 aromatic rings. The summed E-state index contributed by atoms with van der Waals surface area (Å²) in [5.74, 6) is -0.892. The van der Waals surface area contributed by atoms with E-state index in [9.17, 15) is 19.8 Å². The van der Waals surface area contributed by atoms with E-state index in [2.05, 4.69) is 39.0 Å². The zero-order valence-electron chi connectivity index (χ0n) is 23.8. The summed E-state index contributed by atoms with van der Waals surface area (Å²) in [6, 6.07) is 15.0. The molecule has 1 heterocycles. The Morgan fingerprint density at radius 3 is 2.50 bits per heavy atom. The number of fused-ring (bicyclic) bond motifs is 1. The number of carboxylic acids is 2. The number of aliphatic carboxylic acids is 1. The summed E-state index contributed by atoms with van der Waals surface area (Å²) in [4.78, 5) is 26.0. The fourth-order valence-electron chi connectivity index (χ4n) is 6.50. The molecule has 0 bridgehead atoms. The van der Waals surface area contributed by atoms with Crippen LogP contribution in [0.15, 0.2) is 84.2 Å². The van der Waals surface area contributed by atoms with Crippen LogP contribution in [0.4, 0.5) is 5.69 Å². The smallest absolute Gasteiger partial charge is 0.335 e. The van der Waals surface area contributed by atoms with E-state index >= 15 is 0 Å². The van der Waals surface area contributed by atoms with Crippen LogP contribution < -0.4 is 4.90 Å². The molecule has 1 aliphatic heterocycles. The van der Waals surface area contributed by atoms with Crippen LogP contribution in [-0.4, -0.2) is 34.7 Å². The number of nitrogens with zero attached hydrogens (tertiary/aromatic N) is 1. The number of unbranched alkanes of at least 4 members (excludes halogenated alkanes) is 2. The lowest BCUT2D eigenvalue weighted by Gasteiger charge is -2.43. The molecule has 40 heavy (non-hydrogen) atoms. The van der Waals surface area contributed by atoms with E-state index in [1.54, 1.807) is 12.1 Å². The SMILES string of the molecule is CCCCCC(CC)C1(C)c2ccc(C(=O)O)cc2N(CC(=O)O)C1C1=CCC=C(OCc2ccccc2)C=C1. The minimum atomic E-state index is -1.02. The van der Waals surface area contributed by atoms with Gasteiger partial charge in [-0.05, 0) is 59.7 Å². The van der Waals surface area contributed by atoms with Gasteiger partial charge < -0.3 is 19.8 Å². The third kappa shape index (κ3) is 6.16. The third-order valence-corrected chi connectivity index (χ3v) is 8.49. The average molecular weight is 544 g/mol. The van der Waals surface area contributed by atoms with E-state index in [4.69, 9.17) is 4.74 Å². The number of carbonyl (C=O) groups is 2. The van der Waals surface area contributed by atoms with E-state index < -0.39 is 17.4 Å². The maximum absolute atomic E-state index is 12.2. The van der Waals surface area contributed by atoms with Crippen LogP contribution in [0.5, 0.6) is 0 Å². The van der Waals surface area contributed by atoms with E-state index in [-0.39, 0.29) is 24.1 Å². The van der Waals surface area contributed by atoms with Crippen LogP contribution >= 0.6 is 0 Å². The Bertz CT molecular complexity index is 1290. The van der Waals surface area contributed by atoms with Gasteiger partial charge in [-0.25, -0.2) is 4.79 Å². The minimum absolute atomic E-state index is 0.167. The zero-order chi connectivity index (χ0) is 28.7. The molecular weight excluding hydrogens is 502 g/mol. The molecule has 0 amide bonds. The summed E-state index contributed by atoms with van der Waals surface area (Å²) < 4.78 is 6.11. The van der Waals surface area contributed by atoms with Gasteiger partial charge in [-0.3, -0.25) is 4.79 Å². The molecule has 3 unspecified atom stereocenters. The van der Waals surface area contributed by atoms with Crippen molar-refractivity contribution in [2.24, 2.45) is 5.92 Å². The Morgan fingerprint density at radius 1 is 1.05 bits per heavy atom. The Hall–Kier alpha value is -3.80. The second kappa shape index (κ2) is 13.0. The molecule has 4 rings (SSSR count). The zero-order valence-corrected chi connectivity index (χ0v) is 23.8. The summed E-state index contributed by atoms with van der Waals surface area (Å²) in [7, 11) is 0. The van der Waals surface area contributed by atoms with Crippen molar-refractivity contribution in [2.75, 3.05) is 11.4 Å². The number of hydrogen-bond donors (Lipinski definition) is 2. The maximum atomic E-state index is 12.2. The number of allylic oxidation sites excluding steroid dienone is 3. The predicted octanol–water partition coefficient (Wildman–Crippen LogP) is 7.51. The first-order chi connectivity index (χ1) is 19.3. The number of hydrogen-bond acceptors (Lipinski definition) is 4. The Labute approximate surface area is 237 Å². The van der Waals surface area contributed by atoms with Crippen LogP contribution in [0.25, 0.3) is 0 Å². The number of carboxylic acid groups (broad SMARTS) is 2. The van der Waals surface area contributed by atoms with Gasteiger partial charge in [0, 0.05) is 11.1 Å². The van der Waals surface area contributed by atoms with Gasteiger partial charge in [-0.15, -0.1) is 0 Å². The van der Waals surface area contributed by atoms with E-state index in [1.165, 1.54) is 0 Å². The number of anilines is 1. The van der Waals surface area contributed by atoms with Gasteiger partial charge in [0.05, 0.1) is 11.6 Å². The summed E-state index contributed by atoms with van der Waals surface area (Å²) in [6.45, 7) is 6.91. The molecule has 6 nitrogen and oxygen atoms in total. The topological polar surface area (TPSA) is 87.1 Å². The van der Waals surface area contributed by atoms with Crippen molar-refractivity contribution in [2.45, 2.75) is 77.4 Å². The van der Waals surface area contributed by atoms with E-state index in [0.717, 1.165) is 54.6 Å². The molecule has 6 heteroatoms. The van der Waals surface area contributed by atoms with Crippen molar-refractivity contribution >= 4 is 17.6 Å². The van der Waals surface area contributed by atoms with E-state index in [0.29, 0.717) is 18.7 Å². The molecule has 212 valence electrons. The average Bonchev–Trinajstić information content (AvgIpc) is 3.06.